The number of aryl methyl sites for hydroxylation is 1. The number of alkyl halides is 3. The summed E-state index contributed by atoms with van der Waals surface area (Å²) >= 11 is 0. The van der Waals surface area contributed by atoms with Crippen LogP contribution in [-0.2, 0) is 19.8 Å². The van der Waals surface area contributed by atoms with E-state index in [2.05, 4.69) is 15.7 Å². The molecule has 1 heterocycles. The number of hydrogen-bond donors (Lipinski definition) is 2. The number of amides is 2. The van der Waals surface area contributed by atoms with E-state index in [0.717, 1.165) is 22.4 Å². The number of benzene rings is 2. The van der Waals surface area contributed by atoms with Crippen molar-refractivity contribution in [3.63, 3.8) is 0 Å². The van der Waals surface area contributed by atoms with Gasteiger partial charge in [-0.1, -0.05) is 24.3 Å². The van der Waals surface area contributed by atoms with E-state index in [-0.39, 0.29) is 24.5 Å². The van der Waals surface area contributed by atoms with E-state index in [1.807, 2.05) is 25.1 Å². The average molecular weight is 419 g/mol. The minimum Gasteiger partial charge on any atom is -0.336 e. The molecule has 0 saturated carbocycles. The second kappa shape index (κ2) is 8.44. The van der Waals surface area contributed by atoms with Crippen molar-refractivity contribution in [1.82, 2.24) is 19.7 Å². The normalized spacial score (nSPS) is 11.4. The Morgan fingerprint density at radius 3 is 2.57 bits per heavy atom. The van der Waals surface area contributed by atoms with Crippen LogP contribution in [0.5, 0.6) is 0 Å². The number of carbonyl (C=O) groups is 1. The van der Waals surface area contributed by atoms with Crippen LogP contribution >= 0.6 is 0 Å². The lowest BCUT2D eigenvalue weighted by Gasteiger charge is -2.08. The monoisotopic (exact) mass is 419 g/mol. The van der Waals surface area contributed by atoms with E-state index >= 15 is 0 Å². The summed E-state index contributed by atoms with van der Waals surface area (Å²) in [6.45, 7) is 2.07. The smallest absolute Gasteiger partial charge is 0.336 e. The highest BCUT2D eigenvalue weighted by Crippen LogP contribution is 2.31. The Labute approximate surface area is 170 Å². The predicted octanol–water partition coefficient (Wildman–Crippen LogP) is 3.40. The van der Waals surface area contributed by atoms with Crippen molar-refractivity contribution in [2.45, 2.75) is 19.6 Å². The molecular formula is C20H20F3N5O2. The molecule has 0 saturated heterocycles. The van der Waals surface area contributed by atoms with Gasteiger partial charge in [0.25, 0.3) is 0 Å². The zero-order valence-electron chi connectivity index (χ0n) is 16.3. The lowest BCUT2D eigenvalue weighted by atomic mass is 10.1. The van der Waals surface area contributed by atoms with Crippen molar-refractivity contribution in [3.8, 4) is 11.4 Å². The van der Waals surface area contributed by atoms with E-state index in [1.165, 1.54) is 23.7 Å². The number of halogens is 3. The molecule has 2 amide bonds. The molecule has 158 valence electrons. The molecule has 0 aliphatic rings. The first-order valence-corrected chi connectivity index (χ1v) is 9.08. The van der Waals surface area contributed by atoms with Gasteiger partial charge in [-0.05, 0) is 36.8 Å². The Bertz CT molecular complexity index is 1120. The maximum Gasteiger partial charge on any atom is 0.416 e. The highest BCUT2D eigenvalue weighted by Gasteiger charge is 2.30. The van der Waals surface area contributed by atoms with Crippen LogP contribution in [0, 0.1) is 6.92 Å². The minimum atomic E-state index is -4.49. The third-order valence-electron chi connectivity index (χ3n) is 4.37. The number of nitrogens with one attached hydrogen (secondary N) is 2. The van der Waals surface area contributed by atoms with E-state index in [4.69, 9.17) is 0 Å². The van der Waals surface area contributed by atoms with Gasteiger partial charge in [0.1, 0.15) is 0 Å². The summed E-state index contributed by atoms with van der Waals surface area (Å²) in [6.07, 6.45) is -4.49. The third-order valence-corrected chi connectivity index (χ3v) is 4.37. The van der Waals surface area contributed by atoms with Gasteiger partial charge < -0.3 is 10.6 Å². The van der Waals surface area contributed by atoms with Crippen LogP contribution in [0.1, 0.15) is 11.1 Å². The number of carbonyl (C=O) groups excluding carboxylic acids is 1. The zero-order valence-corrected chi connectivity index (χ0v) is 16.3. The Morgan fingerprint density at radius 1 is 1.13 bits per heavy atom. The molecule has 30 heavy (non-hydrogen) atoms. The number of urea groups is 1. The Hall–Kier alpha value is -3.56. The van der Waals surface area contributed by atoms with Crippen LogP contribution in [0.2, 0.25) is 0 Å². The molecule has 7 nitrogen and oxygen atoms in total. The maximum absolute atomic E-state index is 12.9. The molecule has 3 aromatic rings. The minimum absolute atomic E-state index is 0.0624. The summed E-state index contributed by atoms with van der Waals surface area (Å²) in [5, 5.41) is 9.42. The van der Waals surface area contributed by atoms with Gasteiger partial charge in [0, 0.05) is 24.8 Å². The molecule has 0 aliphatic carbocycles. The van der Waals surface area contributed by atoms with Gasteiger partial charge in [-0.25, -0.2) is 14.3 Å². The SMILES string of the molecule is Cc1cccc(NC(=O)NCCn2nc(-c3cccc(C(F)(F)F)c3)n(C)c2=O)c1. The van der Waals surface area contributed by atoms with Crippen molar-refractivity contribution < 1.29 is 18.0 Å². The quantitative estimate of drug-likeness (QED) is 0.665. The second-order valence-corrected chi connectivity index (χ2v) is 6.72. The van der Waals surface area contributed by atoms with Crippen LogP contribution in [0.3, 0.4) is 0 Å². The third kappa shape index (κ3) is 4.88. The molecule has 2 N–H and O–H groups in total. The highest BCUT2D eigenvalue weighted by molar-refractivity contribution is 5.89. The molecule has 0 bridgehead atoms. The number of hydrogen-bond acceptors (Lipinski definition) is 3. The first-order valence-electron chi connectivity index (χ1n) is 9.08. The van der Waals surface area contributed by atoms with Gasteiger partial charge >= 0.3 is 17.9 Å². The number of nitrogens with zero attached hydrogens (tertiary/aromatic N) is 3. The summed E-state index contributed by atoms with van der Waals surface area (Å²) in [5.41, 5.74) is 0.484. The van der Waals surface area contributed by atoms with Crippen LogP contribution in [0.25, 0.3) is 11.4 Å². The molecule has 1 aromatic heterocycles. The number of anilines is 1. The fourth-order valence-electron chi connectivity index (χ4n) is 2.89. The molecule has 0 aliphatic heterocycles. The highest BCUT2D eigenvalue weighted by atomic mass is 19.4. The lowest BCUT2D eigenvalue weighted by molar-refractivity contribution is -0.137. The van der Waals surface area contributed by atoms with Crippen LogP contribution < -0.4 is 16.3 Å². The van der Waals surface area contributed by atoms with E-state index < -0.39 is 23.5 Å². The van der Waals surface area contributed by atoms with Gasteiger partial charge in [0.2, 0.25) is 0 Å². The fraction of sp³-hybridized carbons (Fsp3) is 0.250. The van der Waals surface area contributed by atoms with Crippen LogP contribution in [0.4, 0.5) is 23.7 Å². The van der Waals surface area contributed by atoms with E-state index in [1.54, 1.807) is 6.07 Å². The topological polar surface area (TPSA) is 81.0 Å². The van der Waals surface area contributed by atoms with Crippen molar-refractivity contribution >= 4 is 11.7 Å². The fourth-order valence-corrected chi connectivity index (χ4v) is 2.89. The lowest BCUT2D eigenvalue weighted by Crippen LogP contribution is -2.34. The molecule has 2 aromatic carbocycles. The molecule has 10 heteroatoms. The van der Waals surface area contributed by atoms with Gasteiger partial charge in [-0.15, -0.1) is 5.10 Å². The Kier molecular flexibility index (Phi) is 5.95. The van der Waals surface area contributed by atoms with Crippen LogP contribution in [0.15, 0.2) is 53.3 Å². The molecule has 0 radical (unpaired) electrons. The standard InChI is InChI=1S/C20H20F3N5O2/c1-13-5-3-8-16(11-13)25-18(29)24-9-10-28-19(30)27(2)17(26-28)14-6-4-7-15(12-14)20(21,22)23/h3-8,11-12H,9-10H2,1-2H3,(H2,24,25,29). The second-order valence-electron chi connectivity index (χ2n) is 6.72. The maximum atomic E-state index is 12.9. The molecule has 3 rings (SSSR count). The summed E-state index contributed by atoms with van der Waals surface area (Å²) in [7, 11) is 1.43. The zero-order chi connectivity index (χ0) is 21.9. The molecule has 0 spiro atoms. The first-order chi connectivity index (χ1) is 14.1. The molecule has 0 unspecified atom stereocenters. The first kappa shape index (κ1) is 21.2. The average Bonchev–Trinajstić information content (AvgIpc) is 2.96. The van der Waals surface area contributed by atoms with Crippen molar-refractivity contribution in [1.29, 1.82) is 0 Å². The largest absolute Gasteiger partial charge is 0.416 e. The van der Waals surface area contributed by atoms with Crippen molar-refractivity contribution in [2.24, 2.45) is 7.05 Å². The summed E-state index contributed by atoms with van der Waals surface area (Å²) in [6, 6.07) is 11.4. The Balaban J connectivity index is 1.67. The Morgan fingerprint density at radius 2 is 1.87 bits per heavy atom. The summed E-state index contributed by atoms with van der Waals surface area (Å²) in [5.74, 6) is 0.107. The van der Waals surface area contributed by atoms with Gasteiger partial charge in [0.05, 0.1) is 12.1 Å². The summed E-state index contributed by atoms with van der Waals surface area (Å²) in [4.78, 5) is 24.3. The number of aromatic nitrogens is 3. The van der Waals surface area contributed by atoms with E-state index in [0.29, 0.717) is 5.69 Å². The van der Waals surface area contributed by atoms with Gasteiger partial charge in [-0.3, -0.25) is 4.57 Å². The van der Waals surface area contributed by atoms with Gasteiger partial charge in [-0.2, -0.15) is 13.2 Å². The van der Waals surface area contributed by atoms with Crippen LogP contribution in [-0.4, -0.2) is 26.9 Å². The molecule has 0 fully saturated rings. The molecular weight excluding hydrogens is 399 g/mol. The number of rotatable bonds is 5. The van der Waals surface area contributed by atoms with Crippen molar-refractivity contribution in [2.75, 3.05) is 11.9 Å². The molecule has 0 atom stereocenters. The summed E-state index contributed by atoms with van der Waals surface area (Å²) < 4.78 is 41.1. The van der Waals surface area contributed by atoms with Crippen molar-refractivity contribution in [3.05, 3.63) is 70.1 Å². The van der Waals surface area contributed by atoms with E-state index in [9.17, 15) is 22.8 Å². The predicted molar refractivity (Wildman–Crippen MR) is 106 cm³/mol. The van der Waals surface area contributed by atoms with Gasteiger partial charge in [0.15, 0.2) is 5.82 Å².